The molecule has 0 aromatic heterocycles. The van der Waals surface area contributed by atoms with Crippen molar-refractivity contribution in [1.82, 2.24) is 0 Å². The molecule has 0 aliphatic heterocycles. The molecule has 0 amide bonds. The molecule has 0 saturated heterocycles. The zero-order chi connectivity index (χ0) is 9.23. The van der Waals surface area contributed by atoms with E-state index in [0.29, 0.717) is 0 Å². The molecule has 0 unspecified atom stereocenters. The number of hydrogen-bond donors (Lipinski definition) is 0. The van der Waals surface area contributed by atoms with Gasteiger partial charge in [-0.1, -0.05) is 72.1 Å². The van der Waals surface area contributed by atoms with Crippen LogP contribution in [0, 0.1) is 5.92 Å². The first-order valence-electron chi connectivity index (χ1n) is 5.81. The van der Waals surface area contributed by atoms with Crippen LogP contribution in [0.5, 0.6) is 0 Å². The van der Waals surface area contributed by atoms with Crippen LogP contribution in [0.2, 0.25) is 0 Å². The van der Waals surface area contributed by atoms with E-state index < -0.39 is 0 Å². The second-order valence-corrected chi connectivity index (χ2v) is 4.10. The van der Waals surface area contributed by atoms with Gasteiger partial charge in [-0.05, 0) is 5.92 Å². The fourth-order valence-electron chi connectivity index (χ4n) is 1.63. The van der Waals surface area contributed by atoms with Crippen molar-refractivity contribution < 1.29 is 0 Å². The van der Waals surface area contributed by atoms with Crippen LogP contribution in [0.3, 0.4) is 0 Å². The lowest BCUT2D eigenvalue weighted by molar-refractivity contribution is 0.442. The van der Waals surface area contributed by atoms with Crippen LogP contribution in [0.25, 0.3) is 0 Å². The summed E-state index contributed by atoms with van der Waals surface area (Å²) in [6.45, 7) is 6.97. The Balaban J connectivity index is 3.04. The lowest BCUT2D eigenvalue weighted by Crippen LogP contribution is -1.94. The summed E-state index contributed by atoms with van der Waals surface area (Å²) in [6.07, 6.45) is 11.4. The molecule has 0 rings (SSSR count). The summed E-state index contributed by atoms with van der Waals surface area (Å²) < 4.78 is 0. The van der Waals surface area contributed by atoms with Gasteiger partial charge in [0.1, 0.15) is 0 Å². The average Bonchev–Trinajstić information content (AvgIpc) is 2.06. The Kier molecular flexibility index (Phi) is 9.09. The van der Waals surface area contributed by atoms with Crippen molar-refractivity contribution in [3.05, 3.63) is 0 Å². The van der Waals surface area contributed by atoms with Crippen molar-refractivity contribution >= 4 is 0 Å². The third-order valence-corrected chi connectivity index (χ3v) is 2.60. The third kappa shape index (κ3) is 8.10. The summed E-state index contributed by atoms with van der Waals surface area (Å²) in [5.41, 5.74) is 0. The Morgan fingerprint density at radius 1 is 0.750 bits per heavy atom. The van der Waals surface area contributed by atoms with Gasteiger partial charge in [-0.2, -0.15) is 0 Å². The predicted octanol–water partition coefficient (Wildman–Crippen LogP) is 4.78. The van der Waals surface area contributed by atoms with Gasteiger partial charge in [0.2, 0.25) is 0 Å². The van der Waals surface area contributed by atoms with E-state index in [1.165, 1.54) is 51.4 Å². The van der Waals surface area contributed by atoms with Gasteiger partial charge >= 0.3 is 0 Å². The van der Waals surface area contributed by atoms with E-state index >= 15 is 0 Å². The minimum absolute atomic E-state index is 0.975. The molecule has 0 atom stereocenters. The fourth-order valence-corrected chi connectivity index (χ4v) is 1.63. The Hall–Kier alpha value is 0. The Labute approximate surface area is 78.8 Å². The van der Waals surface area contributed by atoms with Crippen LogP contribution in [0.1, 0.15) is 72.1 Å². The fraction of sp³-hybridized carbons (Fsp3) is 1.00. The Bertz CT molecular complexity index is 66.1. The van der Waals surface area contributed by atoms with Gasteiger partial charge in [-0.15, -0.1) is 0 Å². The largest absolute Gasteiger partial charge is 0.0654 e. The predicted molar refractivity (Wildman–Crippen MR) is 57.4 cm³/mol. The van der Waals surface area contributed by atoms with Crippen LogP contribution in [0.4, 0.5) is 0 Å². The van der Waals surface area contributed by atoms with Crippen molar-refractivity contribution in [2.75, 3.05) is 0 Å². The molecular formula is C12H26. The normalized spacial score (nSPS) is 11.0. The Morgan fingerprint density at radius 2 is 1.17 bits per heavy atom. The maximum Gasteiger partial charge on any atom is -0.0443 e. The number of hydrogen-bond acceptors (Lipinski definition) is 0. The van der Waals surface area contributed by atoms with Crippen molar-refractivity contribution in [3.8, 4) is 0 Å². The molecule has 0 bridgehead atoms. The van der Waals surface area contributed by atoms with Gasteiger partial charge in [0.25, 0.3) is 0 Å². The third-order valence-electron chi connectivity index (χ3n) is 2.60. The van der Waals surface area contributed by atoms with E-state index in [1.807, 2.05) is 0 Å². The SMILES string of the molecule is CCCCCC(C)CCCCC. The molecule has 0 saturated carbocycles. The maximum atomic E-state index is 2.41. The molecule has 0 radical (unpaired) electrons. The lowest BCUT2D eigenvalue weighted by atomic mass is 9.97. The molecule has 0 N–H and O–H groups in total. The molecule has 0 aromatic rings. The molecule has 0 heteroatoms. The van der Waals surface area contributed by atoms with E-state index in [1.54, 1.807) is 0 Å². The van der Waals surface area contributed by atoms with Crippen LogP contribution in [-0.2, 0) is 0 Å². The molecular weight excluding hydrogens is 144 g/mol. The summed E-state index contributed by atoms with van der Waals surface area (Å²) in [4.78, 5) is 0. The smallest absolute Gasteiger partial charge is 0.0443 e. The molecule has 12 heavy (non-hydrogen) atoms. The first-order chi connectivity index (χ1) is 5.81. The number of rotatable bonds is 8. The molecule has 0 heterocycles. The van der Waals surface area contributed by atoms with E-state index in [9.17, 15) is 0 Å². The summed E-state index contributed by atoms with van der Waals surface area (Å²) >= 11 is 0. The minimum atomic E-state index is 0.975. The van der Waals surface area contributed by atoms with Gasteiger partial charge in [0, 0.05) is 0 Å². The van der Waals surface area contributed by atoms with Crippen molar-refractivity contribution in [2.24, 2.45) is 5.92 Å². The first kappa shape index (κ1) is 12.0. The molecule has 0 nitrogen and oxygen atoms in total. The van der Waals surface area contributed by atoms with E-state index in [2.05, 4.69) is 20.8 Å². The zero-order valence-electron chi connectivity index (χ0n) is 9.23. The monoisotopic (exact) mass is 170 g/mol. The second kappa shape index (κ2) is 9.09. The van der Waals surface area contributed by atoms with Crippen molar-refractivity contribution in [2.45, 2.75) is 72.1 Å². The highest BCUT2D eigenvalue weighted by Gasteiger charge is 2.00. The molecule has 0 aromatic carbocycles. The average molecular weight is 170 g/mol. The standard InChI is InChI=1S/C12H26/c1-4-6-8-10-12(3)11-9-7-5-2/h12H,4-11H2,1-3H3. The van der Waals surface area contributed by atoms with Gasteiger partial charge in [-0.3, -0.25) is 0 Å². The first-order valence-corrected chi connectivity index (χ1v) is 5.81. The van der Waals surface area contributed by atoms with Crippen LogP contribution in [-0.4, -0.2) is 0 Å². The highest BCUT2D eigenvalue weighted by Crippen LogP contribution is 2.16. The van der Waals surface area contributed by atoms with Gasteiger partial charge in [0.15, 0.2) is 0 Å². The highest BCUT2D eigenvalue weighted by atomic mass is 14.1. The van der Waals surface area contributed by atoms with E-state index in [4.69, 9.17) is 0 Å². The molecule has 0 fully saturated rings. The van der Waals surface area contributed by atoms with Gasteiger partial charge in [0.05, 0.1) is 0 Å². The van der Waals surface area contributed by atoms with Crippen LogP contribution < -0.4 is 0 Å². The quantitative estimate of drug-likeness (QED) is 0.460. The summed E-state index contributed by atoms with van der Waals surface area (Å²) in [5.74, 6) is 0.975. The summed E-state index contributed by atoms with van der Waals surface area (Å²) in [5, 5.41) is 0. The highest BCUT2D eigenvalue weighted by molar-refractivity contribution is 4.53. The topological polar surface area (TPSA) is 0 Å². The van der Waals surface area contributed by atoms with Gasteiger partial charge < -0.3 is 0 Å². The van der Waals surface area contributed by atoms with Crippen molar-refractivity contribution in [1.29, 1.82) is 0 Å². The molecule has 0 spiro atoms. The van der Waals surface area contributed by atoms with E-state index in [-0.39, 0.29) is 0 Å². The Morgan fingerprint density at radius 3 is 1.50 bits per heavy atom. The molecule has 0 aliphatic carbocycles. The van der Waals surface area contributed by atoms with Crippen LogP contribution in [0.15, 0.2) is 0 Å². The minimum Gasteiger partial charge on any atom is -0.0654 e. The maximum absolute atomic E-state index is 2.41. The summed E-state index contributed by atoms with van der Waals surface area (Å²) in [7, 11) is 0. The van der Waals surface area contributed by atoms with Gasteiger partial charge in [-0.25, -0.2) is 0 Å². The summed E-state index contributed by atoms with van der Waals surface area (Å²) in [6, 6.07) is 0. The van der Waals surface area contributed by atoms with Crippen molar-refractivity contribution in [3.63, 3.8) is 0 Å². The molecule has 74 valence electrons. The van der Waals surface area contributed by atoms with E-state index in [0.717, 1.165) is 5.92 Å². The lowest BCUT2D eigenvalue weighted by Gasteiger charge is -2.09. The second-order valence-electron chi connectivity index (χ2n) is 4.10. The zero-order valence-corrected chi connectivity index (χ0v) is 9.23. The van der Waals surface area contributed by atoms with Crippen LogP contribution >= 0.6 is 0 Å². The number of unbranched alkanes of at least 4 members (excludes halogenated alkanes) is 4. The molecule has 0 aliphatic rings.